The summed E-state index contributed by atoms with van der Waals surface area (Å²) in [4.78, 5) is 11.9. The molecule has 2 rings (SSSR count). The molecule has 1 aromatic carbocycles. The minimum atomic E-state index is -3.86. The maximum absolute atomic E-state index is 12.2. The number of sulfonamides is 1. The van der Waals surface area contributed by atoms with Crippen molar-refractivity contribution in [3.63, 3.8) is 0 Å². The summed E-state index contributed by atoms with van der Waals surface area (Å²) >= 11 is 0. The van der Waals surface area contributed by atoms with Crippen LogP contribution in [0.5, 0.6) is 11.5 Å². The second-order valence-corrected chi connectivity index (χ2v) is 7.47. The Morgan fingerprint density at radius 1 is 1.19 bits per heavy atom. The topological polar surface area (TPSA) is 120 Å². The summed E-state index contributed by atoms with van der Waals surface area (Å²) in [7, 11) is -0.758. The lowest BCUT2D eigenvalue weighted by molar-refractivity contribution is -0.119. The average Bonchev–Trinajstić information content (AvgIpc) is 2.99. The van der Waals surface area contributed by atoms with Crippen LogP contribution in [0.15, 0.2) is 27.6 Å². The summed E-state index contributed by atoms with van der Waals surface area (Å²) in [5, 5.41) is 6.27. The number of nitrogens with zero attached hydrogens (tertiary/aromatic N) is 1. The highest BCUT2D eigenvalue weighted by molar-refractivity contribution is 7.89. The molecule has 0 bridgehead atoms. The first kappa shape index (κ1) is 20.7. The lowest BCUT2D eigenvalue weighted by Crippen LogP contribution is -2.37. The van der Waals surface area contributed by atoms with Crippen molar-refractivity contribution in [2.75, 3.05) is 27.3 Å². The number of carbonyl (C=O) groups is 1. The van der Waals surface area contributed by atoms with Gasteiger partial charge in [0.05, 0.1) is 20.8 Å². The standard InChI is InChI=1S/C17H23N3O6S/c1-11-17(12(2)26-20-11)27(22,23)19-10-16(21)18-8-7-13-5-6-14(24-3)15(9-13)25-4/h5-6,9,19H,7-8,10H2,1-4H3,(H,18,21). The molecule has 2 N–H and O–H groups in total. The van der Waals surface area contributed by atoms with Gasteiger partial charge in [0.15, 0.2) is 17.3 Å². The lowest BCUT2D eigenvalue weighted by atomic mass is 10.1. The number of nitrogens with one attached hydrogen (secondary N) is 2. The Bertz CT molecular complexity index is 888. The minimum absolute atomic E-state index is 0.0411. The number of aromatic nitrogens is 1. The molecule has 0 atom stereocenters. The maximum atomic E-state index is 12.2. The zero-order chi connectivity index (χ0) is 20.0. The Labute approximate surface area is 158 Å². The van der Waals surface area contributed by atoms with Crippen molar-refractivity contribution in [3.05, 3.63) is 35.2 Å². The highest BCUT2D eigenvalue weighted by Gasteiger charge is 2.24. The molecule has 0 radical (unpaired) electrons. The molecular weight excluding hydrogens is 374 g/mol. The van der Waals surface area contributed by atoms with Crippen LogP contribution in [0.2, 0.25) is 0 Å². The highest BCUT2D eigenvalue weighted by Crippen LogP contribution is 2.27. The number of rotatable bonds is 9. The van der Waals surface area contributed by atoms with Crippen LogP contribution in [0, 0.1) is 13.8 Å². The normalized spacial score (nSPS) is 11.3. The van der Waals surface area contributed by atoms with Gasteiger partial charge in [0.25, 0.3) is 0 Å². The number of carbonyl (C=O) groups excluding carboxylic acids is 1. The lowest BCUT2D eigenvalue weighted by Gasteiger charge is -2.10. The van der Waals surface area contributed by atoms with E-state index >= 15 is 0 Å². The van der Waals surface area contributed by atoms with E-state index < -0.39 is 15.9 Å². The molecule has 1 amide bonds. The van der Waals surface area contributed by atoms with E-state index in [9.17, 15) is 13.2 Å². The number of hydrogen-bond donors (Lipinski definition) is 2. The van der Waals surface area contributed by atoms with Crippen LogP contribution >= 0.6 is 0 Å². The molecule has 0 aliphatic carbocycles. The molecule has 1 aromatic heterocycles. The highest BCUT2D eigenvalue weighted by atomic mass is 32.2. The third-order valence-electron chi connectivity index (χ3n) is 3.84. The van der Waals surface area contributed by atoms with Crippen LogP contribution in [0.1, 0.15) is 17.0 Å². The fourth-order valence-corrected chi connectivity index (χ4v) is 3.84. The van der Waals surface area contributed by atoms with E-state index in [1.165, 1.54) is 13.8 Å². The summed E-state index contributed by atoms with van der Waals surface area (Å²) in [6, 6.07) is 5.48. The largest absolute Gasteiger partial charge is 0.493 e. The van der Waals surface area contributed by atoms with Gasteiger partial charge in [0, 0.05) is 6.54 Å². The quantitative estimate of drug-likeness (QED) is 0.646. The number of benzene rings is 1. The monoisotopic (exact) mass is 397 g/mol. The van der Waals surface area contributed by atoms with Gasteiger partial charge in [-0.25, -0.2) is 13.1 Å². The molecule has 1 heterocycles. The zero-order valence-electron chi connectivity index (χ0n) is 15.7. The van der Waals surface area contributed by atoms with E-state index in [2.05, 4.69) is 15.2 Å². The molecule has 0 saturated heterocycles. The van der Waals surface area contributed by atoms with Gasteiger partial charge in [-0.15, -0.1) is 0 Å². The van der Waals surface area contributed by atoms with E-state index in [4.69, 9.17) is 14.0 Å². The Morgan fingerprint density at radius 3 is 2.48 bits per heavy atom. The SMILES string of the molecule is COc1ccc(CCNC(=O)CNS(=O)(=O)c2c(C)noc2C)cc1OC. The van der Waals surface area contributed by atoms with Crippen molar-refractivity contribution in [1.82, 2.24) is 15.2 Å². The summed E-state index contributed by atoms with van der Waals surface area (Å²) in [5.74, 6) is 0.965. The summed E-state index contributed by atoms with van der Waals surface area (Å²) in [5.41, 5.74) is 1.19. The van der Waals surface area contributed by atoms with Crippen molar-refractivity contribution in [3.8, 4) is 11.5 Å². The first-order valence-corrected chi connectivity index (χ1v) is 9.67. The molecule has 148 valence electrons. The van der Waals surface area contributed by atoms with Crippen molar-refractivity contribution >= 4 is 15.9 Å². The van der Waals surface area contributed by atoms with Crippen molar-refractivity contribution in [2.24, 2.45) is 0 Å². The first-order chi connectivity index (χ1) is 12.8. The second kappa shape index (κ2) is 8.87. The molecule has 0 aliphatic rings. The van der Waals surface area contributed by atoms with Crippen LogP contribution in [0.3, 0.4) is 0 Å². The van der Waals surface area contributed by atoms with Crippen LogP contribution in [-0.4, -0.2) is 46.8 Å². The summed E-state index contributed by atoms with van der Waals surface area (Å²) in [6.07, 6.45) is 0.558. The molecule has 0 aliphatic heterocycles. The first-order valence-electron chi connectivity index (χ1n) is 8.18. The molecule has 27 heavy (non-hydrogen) atoms. The minimum Gasteiger partial charge on any atom is -0.493 e. The summed E-state index contributed by atoms with van der Waals surface area (Å²) in [6.45, 7) is 2.99. The van der Waals surface area contributed by atoms with Gasteiger partial charge >= 0.3 is 0 Å². The molecule has 0 spiro atoms. The fourth-order valence-electron chi connectivity index (χ4n) is 2.54. The van der Waals surface area contributed by atoms with Gasteiger partial charge in [0.1, 0.15) is 10.6 Å². The van der Waals surface area contributed by atoms with Crippen LogP contribution in [-0.2, 0) is 21.2 Å². The van der Waals surface area contributed by atoms with E-state index in [0.717, 1.165) is 5.56 Å². The predicted molar refractivity (Wildman–Crippen MR) is 97.4 cm³/mol. The van der Waals surface area contributed by atoms with Crippen LogP contribution < -0.4 is 19.5 Å². The predicted octanol–water partition coefficient (Wildman–Crippen LogP) is 0.946. The van der Waals surface area contributed by atoms with Gasteiger partial charge < -0.3 is 19.3 Å². The molecule has 0 saturated carbocycles. The van der Waals surface area contributed by atoms with Gasteiger partial charge in [-0.05, 0) is 38.0 Å². The molecule has 2 aromatic rings. The van der Waals surface area contributed by atoms with Crippen molar-refractivity contribution < 1.29 is 27.2 Å². The summed E-state index contributed by atoms with van der Waals surface area (Å²) < 4.78 is 42.0. The molecular formula is C17H23N3O6S. The smallest absolute Gasteiger partial charge is 0.246 e. The number of hydrogen-bond acceptors (Lipinski definition) is 7. The van der Waals surface area contributed by atoms with Gasteiger partial charge in [0.2, 0.25) is 15.9 Å². The molecule has 0 unspecified atom stereocenters. The van der Waals surface area contributed by atoms with E-state index in [-0.39, 0.29) is 22.9 Å². The van der Waals surface area contributed by atoms with Crippen LogP contribution in [0.4, 0.5) is 0 Å². The zero-order valence-corrected chi connectivity index (χ0v) is 16.5. The fraction of sp³-hybridized carbons (Fsp3) is 0.412. The maximum Gasteiger partial charge on any atom is 0.246 e. The van der Waals surface area contributed by atoms with Crippen molar-refractivity contribution in [2.45, 2.75) is 25.2 Å². The van der Waals surface area contributed by atoms with Gasteiger partial charge in [-0.1, -0.05) is 11.2 Å². The molecule has 0 fully saturated rings. The number of aryl methyl sites for hydroxylation is 2. The Kier molecular flexibility index (Phi) is 6.81. The number of ether oxygens (including phenoxy) is 2. The second-order valence-electron chi connectivity index (χ2n) is 5.77. The van der Waals surface area contributed by atoms with E-state index in [1.54, 1.807) is 20.3 Å². The van der Waals surface area contributed by atoms with Crippen LogP contribution in [0.25, 0.3) is 0 Å². The Morgan fingerprint density at radius 2 is 1.89 bits per heavy atom. The third-order valence-corrected chi connectivity index (χ3v) is 5.49. The van der Waals surface area contributed by atoms with Gasteiger partial charge in [-0.3, -0.25) is 4.79 Å². The third kappa shape index (κ3) is 5.20. The van der Waals surface area contributed by atoms with E-state index in [1.807, 2.05) is 12.1 Å². The van der Waals surface area contributed by atoms with Crippen molar-refractivity contribution in [1.29, 1.82) is 0 Å². The Balaban J connectivity index is 1.85. The number of methoxy groups -OCH3 is 2. The van der Waals surface area contributed by atoms with E-state index in [0.29, 0.717) is 24.5 Å². The van der Waals surface area contributed by atoms with Gasteiger partial charge in [-0.2, -0.15) is 0 Å². The Hall–Kier alpha value is -2.59. The number of amides is 1. The average molecular weight is 397 g/mol. The molecule has 9 nitrogen and oxygen atoms in total. The molecule has 10 heteroatoms.